The number of anilines is 1. The van der Waals surface area contributed by atoms with Gasteiger partial charge in [0.1, 0.15) is 0 Å². The molecule has 0 saturated heterocycles. The molecule has 0 fully saturated rings. The highest BCUT2D eigenvalue weighted by molar-refractivity contribution is 7.92. The summed E-state index contributed by atoms with van der Waals surface area (Å²) >= 11 is 6.07. The average Bonchev–Trinajstić information content (AvgIpc) is 2.69. The van der Waals surface area contributed by atoms with Crippen molar-refractivity contribution in [2.45, 2.75) is 38.5 Å². The van der Waals surface area contributed by atoms with Gasteiger partial charge in [0.05, 0.1) is 10.6 Å². The molecular formula is C24H26ClNO3S. The van der Waals surface area contributed by atoms with Gasteiger partial charge >= 0.3 is 0 Å². The van der Waals surface area contributed by atoms with Crippen molar-refractivity contribution >= 4 is 33.1 Å². The molecule has 3 aromatic rings. The third-order valence-corrected chi connectivity index (χ3v) is 6.15. The molecule has 0 unspecified atom stereocenters. The number of sulfonamides is 1. The minimum atomic E-state index is -3.87. The zero-order chi connectivity index (χ0) is 21.2. The molecule has 0 saturated carbocycles. The van der Waals surface area contributed by atoms with E-state index in [0.29, 0.717) is 10.6 Å². The maximum absolute atomic E-state index is 12.9. The quantitative estimate of drug-likeness (QED) is 0.470. The molecule has 158 valence electrons. The summed E-state index contributed by atoms with van der Waals surface area (Å²) in [7, 11) is -3.87. The number of ketones is 1. The van der Waals surface area contributed by atoms with Crippen molar-refractivity contribution in [1.29, 1.82) is 0 Å². The van der Waals surface area contributed by atoms with Crippen molar-refractivity contribution in [3.05, 3.63) is 94.5 Å². The Morgan fingerprint density at radius 3 is 2.07 bits per heavy atom. The first-order valence-electron chi connectivity index (χ1n) is 9.10. The van der Waals surface area contributed by atoms with Crippen molar-refractivity contribution in [2.75, 3.05) is 4.72 Å². The topological polar surface area (TPSA) is 63.2 Å². The van der Waals surface area contributed by atoms with Gasteiger partial charge in [0.2, 0.25) is 0 Å². The van der Waals surface area contributed by atoms with Crippen molar-refractivity contribution in [1.82, 2.24) is 0 Å². The molecule has 1 N–H and O–H groups in total. The molecule has 0 spiro atoms. The summed E-state index contributed by atoms with van der Waals surface area (Å²) in [6, 6.07) is 19.9. The van der Waals surface area contributed by atoms with E-state index in [1.54, 1.807) is 60.7 Å². The number of halogens is 1. The molecule has 3 aromatic carbocycles. The van der Waals surface area contributed by atoms with Crippen LogP contribution in [0.3, 0.4) is 0 Å². The van der Waals surface area contributed by atoms with Crippen molar-refractivity contribution in [2.24, 2.45) is 0 Å². The molecule has 0 heterocycles. The third kappa shape index (κ3) is 5.29. The molecule has 0 aliphatic rings. The number of nitrogens with one attached hydrogen (secondary N) is 1. The summed E-state index contributed by atoms with van der Waals surface area (Å²) in [5, 5.41) is 0.349. The van der Waals surface area contributed by atoms with Crippen LogP contribution in [-0.4, -0.2) is 14.2 Å². The highest BCUT2D eigenvalue weighted by atomic mass is 35.5. The van der Waals surface area contributed by atoms with E-state index in [2.05, 4.69) is 25.5 Å². The maximum Gasteiger partial charge on any atom is 0.261 e. The van der Waals surface area contributed by atoms with Crippen LogP contribution in [0.2, 0.25) is 5.02 Å². The minimum Gasteiger partial charge on any atom is -0.289 e. The van der Waals surface area contributed by atoms with Crippen molar-refractivity contribution in [3.8, 4) is 0 Å². The maximum atomic E-state index is 12.9. The number of rotatable bonds is 5. The number of carbonyl (C=O) groups excluding carboxylic acids is 1. The Hall–Kier alpha value is -2.63. The molecule has 0 bridgehead atoms. The van der Waals surface area contributed by atoms with Crippen molar-refractivity contribution < 1.29 is 13.2 Å². The van der Waals surface area contributed by atoms with E-state index in [0.717, 1.165) is 5.56 Å². The molecular weight excluding hydrogens is 418 g/mol. The Bertz CT molecular complexity index is 1130. The van der Waals surface area contributed by atoms with Crippen LogP contribution in [-0.2, 0) is 15.4 Å². The van der Waals surface area contributed by atoms with E-state index >= 15 is 0 Å². The van der Waals surface area contributed by atoms with Gasteiger partial charge in [-0.05, 0) is 41.3 Å². The number of hydrogen-bond donors (Lipinski definition) is 1. The van der Waals surface area contributed by atoms with E-state index in [4.69, 9.17) is 11.6 Å². The number of carbonyl (C=O) groups is 1. The summed E-state index contributed by atoms with van der Waals surface area (Å²) in [6.45, 7) is 6.18. The SMILES string of the molecule is C.CC(C)(C)c1ccc(S(=O)(=O)Nc2ccc(Cl)cc2C(=O)c2ccccc2)cc1. The van der Waals surface area contributed by atoms with E-state index in [-0.39, 0.29) is 34.8 Å². The van der Waals surface area contributed by atoms with Crippen LogP contribution in [0.15, 0.2) is 77.7 Å². The summed E-state index contributed by atoms with van der Waals surface area (Å²) in [4.78, 5) is 13.0. The predicted molar refractivity (Wildman–Crippen MR) is 124 cm³/mol. The standard InChI is InChI=1S/C23H22ClNO3S.CH4/c1-23(2,3)17-9-12-19(13-10-17)29(27,28)25-21-14-11-18(24)15-20(21)22(26)16-7-5-4-6-8-16;/h4-15,25H,1-3H3;1H4. The Balaban J connectivity index is 0.00000320. The molecule has 0 atom stereocenters. The van der Waals surface area contributed by atoms with Crippen LogP contribution < -0.4 is 4.72 Å². The van der Waals surface area contributed by atoms with E-state index in [1.165, 1.54) is 12.1 Å². The minimum absolute atomic E-state index is 0. The molecule has 3 rings (SSSR count). The van der Waals surface area contributed by atoms with E-state index in [9.17, 15) is 13.2 Å². The highest BCUT2D eigenvalue weighted by Crippen LogP contribution is 2.27. The van der Waals surface area contributed by atoms with Crippen LogP contribution in [0.5, 0.6) is 0 Å². The first-order chi connectivity index (χ1) is 13.6. The zero-order valence-electron chi connectivity index (χ0n) is 16.4. The third-order valence-electron chi connectivity index (χ3n) is 4.54. The molecule has 0 radical (unpaired) electrons. The lowest BCUT2D eigenvalue weighted by atomic mass is 9.87. The van der Waals surface area contributed by atoms with Gasteiger partial charge in [-0.25, -0.2) is 8.42 Å². The van der Waals surface area contributed by atoms with Gasteiger partial charge in [-0.3, -0.25) is 9.52 Å². The molecule has 0 aliphatic heterocycles. The summed E-state index contributed by atoms with van der Waals surface area (Å²) in [6.07, 6.45) is 0. The second-order valence-electron chi connectivity index (χ2n) is 7.76. The lowest BCUT2D eigenvalue weighted by molar-refractivity contribution is 0.103. The Morgan fingerprint density at radius 2 is 1.50 bits per heavy atom. The fraction of sp³-hybridized carbons (Fsp3) is 0.208. The van der Waals surface area contributed by atoms with E-state index < -0.39 is 10.0 Å². The van der Waals surface area contributed by atoms with Gasteiger partial charge in [-0.2, -0.15) is 0 Å². The van der Waals surface area contributed by atoms with E-state index in [1.807, 2.05) is 0 Å². The molecule has 0 amide bonds. The molecule has 30 heavy (non-hydrogen) atoms. The van der Waals surface area contributed by atoms with Crippen molar-refractivity contribution in [3.63, 3.8) is 0 Å². The number of benzene rings is 3. The van der Waals surface area contributed by atoms with Crippen LogP contribution in [0.25, 0.3) is 0 Å². The molecule has 0 aliphatic carbocycles. The van der Waals surface area contributed by atoms with Gasteiger partial charge in [0.25, 0.3) is 10.0 Å². The van der Waals surface area contributed by atoms with Crippen LogP contribution in [0.1, 0.15) is 49.7 Å². The fourth-order valence-corrected chi connectivity index (χ4v) is 4.13. The van der Waals surface area contributed by atoms with Gasteiger partial charge in [-0.15, -0.1) is 0 Å². The average molecular weight is 444 g/mol. The zero-order valence-corrected chi connectivity index (χ0v) is 18.0. The number of hydrogen-bond acceptors (Lipinski definition) is 3. The Kier molecular flexibility index (Phi) is 7.11. The summed E-state index contributed by atoms with van der Waals surface area (Å²) in [5.74, 6) is -0.311. The van der Waals surface area contributed by atoms with Gasteiger partial charge in [-0.1, -0.05) is 82.3 Å². The largest absolute Gasteiger partial charge is 0.289 e. The lowest BCUT2D eigenvalue weighted by Gasteiger charge is -2.19. The van der Waals surface area contributed by atoms with Gasteiger partial charge in [0.15, 0.2) is 5.78 Å². The van der Waals surface area contributed by atoms with Crippen LogP contribution >= 0.6 is 11.6 Å². The monoisotopic (exact) mass is 443 g/mol. The molecule has 4 nitrogen and oxygen atoms in total. The predicted octanol–water partition coefficient (Wildman–Crippen LogP) is 6.31. The first kappa shape index (κ1) is 23.6. The second kappa shape index (κ2) is 9.02. The fourth-order valence-electron chi connectivity index (χ4n) is 2.88. The van der Waals surface area contributed by atoms with Crippen LogP contribution in [0.4, 0.5) is 5.69 Å². The lowest BCUT2D eigenvalue weighted by Crippen LogP contribution is -2.17. The Morgan fingerprint density at radius 1 is 0.900 bits per heavy atom. The smallest absolute Gasteiger partial charge is 0.261 e. The summed E-state index contributed by atoms with van der Waals surface area (Å²) < 4.78 is 28.3. The second-order valence-corrected chi connectivity index (χ2v) is 9.88. The highest BCUT2D eigenvalue weighted by Gasteiger charge is 2.21. The van der Waals surface area contributed by atoms with Gasteiger partial charge in [0, 0.05) is 16.1 Å². The summed E-state index contributed by atoms with van der Waals surface area (Å²) in [5.41, 5.74) is 1.77. The van der Waals surface area contributed by atoms with Crippen LogP contribution in [0, 0.1) is 0 Å². The Labute approximate surface area is 184 Å². The van der Waals surface area contributed by atoms with Gasteiger partial charge < -0.3 is 0 Å². The first-order valence-corrected chi connectivity index (χ1v) is 11.0. The molecule has 6 heteroatoms. The normalized spacial score (nSPS) is 11.5. The molecule has 0 aromatic heterocycles.